The van der Waals surface area contributed by atoms with Gasteiger partial charge in [0.2, 0.25) is 6.10 Å². The predicted octanol–water partition coefficient (Wildman–Crippen LogP) is 4.44. The Morgan fingerprint density at radius 2 is 1.75 bits per heavy atom. The topological polar surface area (TPSA) is 73.9 Å². The summed E-state index contributed by atoms with van der Waals surface area (Å²) in [5.41, 5.74) is 1.83. The zero-order chi connectivity index (χ0) is 23.7. The van der Waals surface area contributed by atoms with Crippen LogP contribution in [-0.2, 0) is 30.1 Å². The maximum atomic E-state index is 13.0. The van der Waals surface area contributed by atoms with Gasteiger partial charge in [0.05, 0.1) is 11.2 Å². The van der Waals surface area contributed by atoms with E-state index in [0.29, 0.717) is 21.7 Å². The van der Waals surface area contributed by atoms with Crippen molar-refractivity contribution in [1.29, 1.82) is 0 Å². The maximum absolute atomic E-state index is 13.0. The van der Waals surface area contributed by atoms with Crippen molar-refractivity contribution in [2.45, 2.75) is 65.3 Å². The highest BCUT2D eigenvalue weighted by atomic mass is 35.5. The Labute approximate surface area is 194 Å². The lowest BCUT2D eigenvalue weighted by atomic mass is 9.79. The molecule has 1 aliphatic rings. The number of esters is 1. The SMILES string of the molecule is CCc1cccc(C(OC(C)=O)C(=O)Nc2ccc(B3OC(C)(C)C(C)(C)O3)c(Cl)c2)c1. The third-order valence-electron chi connectivity index (χ3n) is 5.96. The Kier molecular flexibility index (Phi) is 7.03. The summed E-state index contributed by atoms with van der Waals surface area (Å²) in [7, 11) is -0.608. The van der Waals surface area contributed by atoms with Crippen LogP contribution in [0.3, 0.4) is 0 Å². The van der Waals surface area contributed by atoms with Gasteiger partial charge in [-0.15, -0.1) is 0 Å². The van der Waals surface area contributed by atoms with Crippen LogP contribution in [0.5, 0.6) is 0 Å². The number of nitrogens with one attached hydrogen (secondary N) is 1. The van der Waals surface area contributed by atoms with Gasteiger partial charge in [0.15, 0.2) is 0 Å². The molecule has 1 unspecified atom stereocenters. The van der Waals surface area contributed by atoms with Gasteiger partial charge in [-0.25, -0.2) is 0 Å². The van der Waals surface area contributed by atoms with Crippen molar-refractivity contribution < 1.29 is 23.6 Å². The molecule has 1 heterocycles. The van der Waals surface area contributed by atoms with Crippen molar-refractivity contribution >= 4 is 41.7 Å². The van der Waals surface area contributed by atoms with Gasteiger partial charge < -0.3 is 19.4 Å². The molecule has 6 nitrogen and oxygen atoms in total. The highest BCUT2D eigenvalue weighted by Gasteiger charge is 2.52. The van der Waals surface area contributed by atoms with Crippen molar-refractivity contribution in [1.82, 2.24) is 0 Å². The molecule has 0 spiro atoms. The van der Waals surface area contributed by atoms with Crippen LogP contribution in [0.25, 0.3) is 0 Å². The van der Waals surface area contributed by atoms with Crippen molar-refractivity contribution in [3.05, 3.63) is 58.6 Å². The number of halogens is 1. The van der Waals surface area contributed by atoms with E-state index in [-0.39, 0.29) is 0 Å². The molecule has 0 aliphatic carbocycles. The molecular weight excluding hydrogens is 429 g/mol. The molecule has 3 rings (SSSR count). The first-order valence-corrected chi connectivity index (χ1v) is 11.0. The van der Waals surface area contributed by atoms with E-state index >= 15 is 0 Å². The number of hydrogen-bond donors (Lipinski definition) is 1. The normalized spacial score (nSPS) is 17.7. The number of carbonyl (C=O) groups is 2. The molecule has 2 aromatic rings. The van der Waals surface area contributed by atoms with Gasteiger partial charge in [-0.1, -0.05) is 48.9 Å². The minimum Gasteiger partial charge on any atom is -0.447 e. The number of ether oxygens (including phenoxy) is 1. The molecule has 0 bridgehead atoms. The van der Waals surface area contributed by atoms with Gasteiger partial charge >= 0.3 is 13.1 Å². The second-order valence-corrected chi connectivity index (χ2v) is 9.31. The summed E-state index contributed by atoms with van der Waals surface area (Å²) in [5, 5.41) is 3.19. The Morgan fingerprint density at radius 3 is 2.31 bits per heavy atom. The number of rotatable bonds is 6. The third-order valence-corrected chi connectivity index (χ3v) is 6.29. The molecule has 0 saturated carbocycles. The van der Waals surface area contributed by atoms with E-state index in [0.717, 1.165) is 12.0 Å². The maximum Gasteiger partial charge on any atom is 0.496 e. The fourth-order valence-corrected chi connectivity index (χ4v) is 3.66. The second-order valence-electron chi connectivity index (χ2n) is 8.90. The molecule has 1 atom stereocenters. The Morgan fingerprint density at radius 1 is 1.09 bits per heavy atom. The van der Waals surface area contributed by atoms with Gasteiger partial charge in [-0.2, -0.15) is 0 Å². The molecule has 2 aromatic carbocycles. The average molecular weight is 458 g/mol. The molecule has 8 heteroatoms. The van der Waals surface area contributed by atoms with E-state index < -0.39 is 36.3 Å². The summed E-state index contributed by atoms with van der Waals surface area (Å²) in [6.07, 6.45) is -0.265. The largest absolute Gasteiger partial charge is 0.496 e. The van der Waals surface area contributed by atoms with Crippen LogP contribution in [0.2, 0.25) is 5.02 Å². The third kappa shape index (κ3) is 5.17. The summed E-state index contributed by atoms with van der Waals surface area (Å²) in [4.78, 5) is 24.6. The molecule has 0 radical (unpaired) electrons. The minimum atomic E-state index is -1.07. The Balaban J connectivity index is 1.80. The first-order chi connectivity index (χ1) is 14.9. The molecule has 1 aliphatic heterocycles. The van der Waals surface area contributed by atoms with E-state index in [2.05, 4.69) is 5.32 Å². The fraction of sp³-hybridized carbons (Fsp3) is 0.417. The van der Waals surface area contributed by atoms with Crippen LogP contribution in [0, 0.1) is 0 Å². The van der Waals surface area contributed by atoms with Crippen LogP contribution in [0.1, 0.15) is 58.8 Å². The van der Waals surface area contributed by atoms with E-state index in [1.165, 1.54) is 6.92 Å². The van der Waals surface area contributed by atoms with E-state index in [1.54, 1.807) is 24.3 Å². The summed E-state index contributed by atoms with van der Waals surface area (Å²) in [5.74, 6) is -1.01. The number of benzene rings is 2. The number of amides is 1. The molecule has 1 amide bonds. The van der Waals surface area contributed by atoms with Crippen molar-refractivity contribution in [2.24, 2.45) is 0 Å². The average Bonchev–Trinajstić information content (AvgIpc) is 2.92. The first-order valence-electron chi connectivity index (χ1n) is 10.7. The van der Waals surface area contributed by atoms with Crippen molar-refractivity contribution in [2.75, 3.05) is 5.32 Å². The standard InChI is InChI=1S/C24H29BClNO5/c1-7-16-9-8-10-17(13-16)21(30-15(2)28)22(29)27-18-11-12-19(20(26)14-18)25-31-23(3,4)24(5,6)32-25/h8-14,21H,7H2,1-6H3,(H,27,29). The molecule has 1 saturated heterocycles. The van der Waals surface area contributed by atoms with E-state index in [4.69, 9.17) is 25.6 Å². The highest BCUT2D eigenvalue weighted by Crippen LogP contribution is 2.37. The molecule has 1 fully saturated rings. The van der Waals surface area contributed by atoms with Crippen LogP contribution in [0.4, 0.5) is 5.69 Å². The summed E-state index contributed by atoms with van der Waals surface area (Å²) < 4.78 is 17.5. The fourth-order valence-electron chi connectivity index (χ4n) is 3.39. The smallest absolute Gasteiger partial charge is 0.447 e. The summed E-state index contributed by atoms with van der Waals surface area (Å²) in [6.45, 7) is 11.2. The predicted molar refractivity (Wildman–Crippen MR) is 126 cm³/mol. The second kappa shape index (κ2) is 9.26. The molecule has 1 N–H and O–H groups in total. The molecule has 170 valence electrons. The van der Waals surface area contributed by atoms with Crippen LogP contribution < -0.4 is 10.8 Å². The number of aryl methyl sites for hydroxylation is 1. The molecule has 0 aromatic heterocycles. The first kappa shape index (κ1) is 24.3. The summed E-state index contributed by atoms with van der Waals surface area (Å²) >= 11 is 6.50. The Bertz CT molecular complexity index is 1010. The minimum absolute atomic E-state index is 0.401. The monoisotopic (exact) mass is 457 g/mol. The Hall–Kier alpha value is -2.35. The van der Waals surface area contributed by atoms with Crippen molar-refractivity contribution in [3.63, 3.8) is 0 Å². The lowest BCUT2D eigenvalue weighted by molar-refractivity contribution is -0.152. The molecular formula is C24H29BClNO5. The van der Waals surface area contributed by atoms with Crippen LogP contribution >= 0.6 is 11.6 Å². The number of carbonyl (C=O) groups excluding carboxylic acids is 2. The zero-order valence-electron chi connectivity index (χ0n) is 19.3. The summed E-state index contributed by atoms with van der Waals surface area (Å²) in [6, 6.07) is 12.5. The van der Waals surface area contributed by atoms with E-state index in [9.17, 15) is 9.59 Å². The van der Waals surface area contributed by atoms with Crippen molar-refractivity contribution in [3.8, 4) is 0 Å². The van der Waals surface area contributed by atoms with Gasteiger partial charge in [0.1, 0.15) is 0 Å². The van der Waals surface area contributed by atoms with Crippen LogP contribution in [0.15, 0.2) is 42.5 Å². The lowest BCUT2D eigenvalue weighted by Gasteiger charge is -2.32. The quantitative estimate of drug-likeness (QED) is 0.512. The van der Waals surface area contributed by atoms with Gasteiger partial charge in [0.25, 0.3) is 5.91 Å². The van der Waals surface area contributed by atoms with Gasteiger partial charge in [-0.3, -0.25) is 9.59 Å². The van der Waals surface area contributed by atoms with Crippen LogP contribution in [-0.4, -0.2) is 30.2 Å². The highest BCUT2D eigenvalue weighted by molar-refractivity contribution is 6.65. The zero-order valence-corrected chi connectivity index (χ0v) is 20.1. The lowest BCUT2D eigenvalue weighted by Crippen LogP contribution is -2.41. The van der Waals surface area contributed by atoms with Gasteiger partial charge in [0, 0.05) is 28.7 Å². The number of anilines is 1. The number of hydrogen-bond acceptors (Lipinski definition) is 5. The van der Waals surface area contributed by atoms with Gasteiger partial charge in [-0.05, 0) is 51.8 Å². The molecule has 32 heavy (non-hydrogen) atoms. The van der Waals surface area contributed by atoms with E-state index in [1.807, 2.05) is 52.8 Å².